The van der Waals surface area contributed by atoms with Crippen LogP contribution in [0, 0.1) is 0 Å². The summed E-state index contributed by atoms with van der Waals surface area (Å²) in [5.41, 5.74) is 1.33. The largest absolute Gasteiger partial charge is 0.504 e. The van der Waals surface area contributed by atoms with Gasteiger partial charge in [0, 0.05) is 6.07 Å². The van der Waals surface area contributed by atoms with Crippen molar-refractivity contribution >= 4 is 35.0 Å². The van der Waals surface area contributed by atoms with E-state index in [1.807, 2.05) is 13.8 Å². The summed E-state index contributed by atoms with van der Waals surface area (Å²) in [4.78, 5) is 31.6. The molecule has 1 N–H and O–H groups in total. The van der Waals surface area contributed by atoms with Crippen LogP contribution in [0.15, 0.2) is 51.4 Å². The van der Waals surface area contributed by atoms with Crippen molar-refractivity contribution in [1.82, 2.24) is 4.57 Å². The van der Waals surface area contributed by atoms with Crippen LogP contribution >= 0.6 is 22.9 Å². The van der Waals surface area contributed by atoms with Crippen LogP contribution in [0.5, 0.6) is 23.0 Å². The molecule has 0 radical (unpaired) electrons. The number of allylic oxidation sites excluding steroid dienone is 1. The summed E-state index contributed by atoms with van der Waals surface area (Å²) < 4.78 is 23.3. The predicted octanol–water partition coefficient (Wildman–Crippen LogP) is 3.57. The number of benzene rings is 2. The molecule has 0 fully saturated rings. The molecule has 1 aliphatic heterocycles. The van der Waals surface area contributed by atoms with Gasteiger partial charge in [-0.2, -0.15) is 0 Å². The lowest BCUT2D eigenvalue weighted by molar-refractivity contribution is -0.136. The minimum atomic E-state index is -0.859. The van der Waals surface area contributed by atoms with E-state index in [0.29, 0.717) is 42.7 Å². The number of fused-ring (bicyclic) bond motifs is 1. The number of ether oxygens (including phenoxy) is 4. The molecule has 0 spiro atoms. The summed E-state index contributed by atoms with van der Waals surface area (Å²) in [6.45, 7) is 5.47. The summed E-state index contributed by atoms with van der Waals surface area (Å²) in [5, 5.41) is 10.5. The Bertz CT molecular complexity index is 1620. The Balaban J connectivity index is 1.95. The zero-order chi connectivity index (χ0) is 27.7. The number of aromatic hydroxyl groups is 1. The maximum Gasteiger partial charge on any atom is 0.338 e. The zero-order valence-electron chi connectivity index (χ0n) is 21.7. The van der Waals surface area contributed by atoms with E-state index in [1.165, 1.54) is 32.0 Å². The number of esters is 1. The van der Waals surface area contributed by atoms with Crippen LogP contribution in [-0.4, -0.2) is 43.1 Å². The molecule has 2 aromatic carbocycles. The Morgan fingerprint density at radius 1 is 1.13 bits per heavy atom. The van der Waals surface area contributed by atoms with E-state index in [-0.39, 0.29) is 28.7 Å². The molecule has 0 amide bonds. The van der Waals surface area contributed by atoms with Gasteiger partial charge >= 0.3 is 5.97 Å². The van der Waals surface area contributed by atoms with Gasteiger partial charge in [0.2, 0.25) is 0 Å². The molecule has 0 aliphatic carbocycles. The van der Waals surface area contributed by atoms with E-state index in [1.54, 1.807) is 37.3 Å². The molecule has 4 rings (SSSR count). The summed E-state index contributed by atoms with van der Waals surface area (Å²) in [7, 11) is 4.21. The lowest BCUT2D eigenvalue weighted by Crippen LogP contribution is -2.39. The van der Waals surface area contributed by atoms with Crippen LogP contribution < -0.4 is 29.1 Å². The van der Waals surface area contributed by atoms with E-state index in [2.05, 4.69) is 4.99 Å². The fourth-order valence-corrected chi connectivity index (χ4v) is 5.43. The molecule has 1 aromatic heterocycles. The number of halogens is 1. The third-order valence-electron chi connectivity index (χ3n) is 5.88. The molecular weight excluding hydrogens is 532 g/mol. The number of carbonyl (C=O) groups is 1. The summed E-state index contributed by atoms with van der Waals surface area (Å²) in [6, 6.07) is 7.13. The number of phenolic OH excluding ortho intramolecular Hbond substituents is 1. The number of carbonyl (C=O) groups excluding carboxylic acids is 1. The van der Waals surface area contributed by atoms with E-state index in [4.69, 9.17) is 30.5 Å². The molecule has 1 unspecified atom stereocenters. The van der Waals surface area contributed by atoms with Crippen molar-refractivity contribution < 1.29 is 28.8 Å². The highest BCUT2D eigenvalue weighted by molar-refractivity contribution is 7.07. The van der Waals surface area contributed by atoms with Gasteiger partial charge in [0.15, 0.2) is 27.8 Å². The molecule has 1 atom stereocenters. The fourth-order valence-electron chi connectivity index (χ4n) is 4.18. The minimum absolute atomic E-state index is 0.0718. The Hall–Kier alpha value is -3.76. The molecule has 0 saturated heterocycles. The van der Waals surface area contributed by atoms with Gasteiger partial charge in [0.1, 0.15) is 0 Å². The first-order valence-corrected chi connectivity index (χ1v) is 12.8. The van der Waals surface area contributed by atoms with Crippen LogP contribution in [-0.2, 0) is 9.53 Å². The maximum absolute atomic E-state index is 13.8. The average molecular weight is 559 g/mol. The van der Waals surface area contributed by atoms with E-state index < -0.39 is 12.0 Å². The SMILES string of the molecule is COC(=O)C1=C(C)N=c2s/c(=C/c3cc(OC)c(OC(C)C)cc3Cl)c(=O)n2C1c1ccc(O)c(OC)c1. The highest BCUT2D eigenvalue weighted by atomic mass is 35.5. The molecule has 11 heteroatoms. The Labute approximate surface area is 227 Å². The van der Waals surface area contributed by atoms with Crippen LogP contribution in [0.1, 0.15) is 37.9 Å². The van der Waals surface area contributed by atoms with Gasteiger partial charge in [0.05, 0.1) is 54.3 Å². The second-order valence-electron chi connectivity index (χ2n) is 8.70. The topological polar surface area (TPSA) is 109 Å². The maximum atomic E-state index is 13.8. The predicted molar refractivity (Wildman–Crippen MR) is 144 cm³/mol. The minimum Gasteiger partial charge on any atom is -0.504 e. The van der Waals surface area contributed by atoms with Crippen molar-refractivity contribution in [3.8, 4) is 23.0 Å². The van der Waals surface area contributed by atoms with Crippen LogP contribution in [0.4, 0.5) is 0 Å². The molecule has 9 nitrogen and oxygen atoms in total. The first-order chi connectivity index (χ1) is 18.1. The monoisotopic (exact) mass is 558 g/mol. The average Bonchev–Trinajstić information content (AvgIpc) is 3.18. The smallest absolute Gasteiger partial charge is 0.338 e. The van der Waals surface area contributed by atoms with Crippen molar-refractivity contribution in [3.63, 3.8) is 0 Å². The van der Waals surface area contributed by atoms with Gasteiger partial charge in [-0.1, -0.05) is 29.0 Å². The van der Waals surface area contributed by atoms with Gasteiger partial charge in [-0.05, 0) is 56.2 Å². The third-order valence-corrected chi connectivity index (χ3v) is 7.19. The molecule has 2 heterocycles. The van der Waals surface area contributed by atoms with Crippen molar-refractivity contribution in [2.45, 2.75) is 32.9 Å². The lowest BCUT2D eigenvalue weighted by atomic mass is 9.95. The summed E-state index contributed by atoms with van der Waals surface area (Å²) in [5.74, 6) is 0.473. The second-order valence-corrected chi connectivity index (χ2v) is 10.1. The number of phenols is 1. The molecule has 38 heavy (non-hydrogen) atoms. The van der Waals surface area contributed by atoms with Crippen LogP contribution in [0.2, 0.25) is 5.02 Å². The van der Waals surface area contributed by atoms with Crippen molar-refractivity contribution in [2.24, 2.45) is 4.99 Å². The third kappa shape index (κ3) is 5.01. The number of nitrogens with zero attached hydrogens (tertiary/aromatic N) is 2. The number of aromatic nitrogens is 1. The fraction of sp³-hybridized carbons (Fsp3) is 0.296. The number of thiazole rings is 1. The van der Waals surface area contributed by atoms with Crippen LogP contribution in [0.3, 0.4) is 0 Å². The zero-order valence-corrected chi connectivity index (χ0v) is 23.3. The number of methoxy groups -OCH3 is 3. The lowest BCUT2D eigenvalue weighted by Gasteiger charge is -2.24. The number of hydrogen-bond donors (Lipinski definition) is 1. The van der Waals surface area contributed by atoms with Gasteiger partial charge in [-0.15, -0.1) is 0 Å². The number of hydrogen-bond acceptors (Lipinski definition) is 9. The Morgan fingerprint density at radius 3 is 2.47 bits per heavy atom. The van der Waals surface area contributed by atoms with E-state index in [0.717, 1.165) is 11.3 Å². The van der Waals surface area contributed by atoms with Crippen LogP contribution in [0.25, 0.3) is 6.08 Å². The standard InChI is InChI=1S/C27H27ClN2O7S/c1-13(2)37-21-12-17(28)16(10-20(21)35-5)11-22-25(32)30-24(15-7-8-18(31)19(9-15)34-4)23(26(33)36-6)14(3)29-27(30)38-22/h7-13,24,31H,1-6H3/b22-11+. The molecular formula is C27H27ClN2O7S. The van der Waals surface area contributed by atoms with E-state index >= 15 is 0 Å². The van der Waals surface area contributed by atoms with E-state index in [9.17, 15) is 14.7 Å². The first-order valence-electron chi connectivity index (χ1n) is 11.6. The Kier molecular flexibility index (Phi) is 7.84. The summed E-state index contributed by atoms with van der Waals surface area (Å²) in [6.07, 6.45) is 1.57. The molecule has 3 aromatic rings. The molecule has 200 valence electrons. The first kappa shape index (κ1) is 27.3. The van der Waals surface area contributed by atoms with Gasteiger partial charge in [-0.3, -0.25) is 9.36 Å². The Morgan fingerprint density at radius 2 is 1.84 bits per heavy atom. The highest BCUT2D eigenvalue weighted by Crippen LogP contribution is 2.36. The molecule has 0 bridgehead atoms. The highest BCUT2D eigenvalue weighted by Gasteiger charge is 2.33. The molecule has 1 aliphatic rings. The van der Waals surface area contributed by atoms with Crippen molar-refractivity contribution in [3.05, 3.63) is 77.4 Å². The van der Waals surface area contributed by atoms with Crippen molar-refractivity contribution in [2.75, 3.05) is 21.3 Å². The van der Waals surface area contributed by atoms with Gasteiger partial charge in [-0.25, -0.2) is 9.79 Å². The second kappa shape index (κ2) is 10.9. The number of rotatable bonds is 7. The van der Waals surface area contributed by atoms with Gasteiger partial charge < -0.3 is 24.1 Å². The quantitative estimate of drug-likeness (QED) is 0.442. The summed E-state index contributed by atoms with van der Waals surface area (Å²) >= 11 is 7.71. The van der Waals surface area contributed by atoms with Crippen molar-refractivity contribution in [1.29, 1.82) is 0 Å². The normalized spacial score (nSPS) is 15.3. The van der Waals surface area contributed by atoms with Gasteiger partial charge in [0.25, 0.3) is 5.56 Å². The molecule has 0 saturated carbocycles.